The van der Waals surface area contributed by atoms with Crippen molar-refractivity contribution in [3.05, 3.63) is 0 Å². The quantitative estimate of drug-likeness (QED) is 0.754. The monoisotopic (exact) mass is 239 g/mol. The van der Waals surface area contributed by atoms with Crippen molar-refractivity contribution < 1.29 is 4.79 Å². The summed E-state index contributed by atoms with van der Waals surface area (Å²) < 4.78 is 0. The van der Waals surface area contributed by atoms with E-state index in [1.165, 1.54) is 25.9 Å². The molecule has 1 amide bonds. The number of hydrogen-bond donors (Lipinski definition) is 2. The fourth-order valence-corrected chi connectivity index (χ4v) is 3.03. The Kier molecular flexibility index (Phi) is 4.05. The van der Waals surface area contributed by atoms with Crippen LogP contribution in [0.3, 0.4) is 0 Å². The number of carbonyl (C=O) groups is 1. The smallest absolute Gasteiger partial charge is 0.237 e. The average Bonchev–Trinajstić information content (AvgIpc) is 2.29. The number of nitrogens with one attached hydrogen (secondary N) is 1. The maximum absolute atomic E-state index is 12.0. The SMILES string of the molecule is CC(C)CC(N)C(=O)NC1CN2CCC1CC2. The van der Waals surface area contributed by atoms with Crippen molar-refractivity contribution in [3.63, 3.8) is 0 Å². The molecule has 2 bridgehead atoms. The number of hydrogen-bond acceptors (Lipinski definition) is 3. The third-order valence-electron chi connectivity index (χ3n) is 4.05. The molecule has 3 rings (SSSR count). The molecule has 98 valence electrons. The van der Waals surface area contributed by atoms with Gasteiger partial charge in [0, 0.05) is 12.6 Å². The summed E-state index contributed by atoms with van der Waals surface area (Å²) >= 11 is 0. The van der Waals surface area contributed by atoms with Crippen molar-refractivity contribution >= 4 is 5.91 Å². The van der Waals surface area contributed by atoms with Crippen LogP contribution in [0.15, 0.2) is 0 Å². The molecule has 3 N–H and O–H groups in total. The van der Waals surface area contributed by atoms with E-state index in [0.29, 0.717) is 17.9 Å². The van der Waals surface area contributed by atoms with Gasteiger partial charge in [-0.05, 0) is 44.2 Å². The van der Waals surface area contributed by atoms with Crippen LogP contribution in [-0.4, -0.2) is 42.5 Å². The second kappa shape index (κ2) is 5.36. The summed E-state index contributed by atoms with van der Waals surface area (Å²) in [4.78, 5) is 14.4. The van der Waals surface area contributed by atoms with Crippen molar-refractivity contribution in [2.45, 2.75) is 45.2 Å². The lowest BCUT2D eigenvalue weighted by Gasteiger charge is -2.45. The van der Waals surface area contributed by atoms with Gasteiger partial charge in [0.1, 0.15) is 0 Å². The Morgan fingerprint density at radius 1 is 1.41 bits per heavy atom. The van der Waals surface area contributed by atoms with Crippen LogP contribution in [0.25, 0.3) is 0 Å². The van der Waals surface area contributed by atoms with Gasteiger partial charge < -0.3 is 16.0 Å². The van der Waals surface area contributed by atoms with E-state index in [0.717, 1.165) is 13.0 Å². The third-order valence-corrected chi connectivity index (χ3v) is 4.05. The van der Waals surface area contributed by atoms with Gasteiger partial charge in [0.2, 0.25) is 5.91 Å². The van der Waals surface area contributed by atoms with Crippen LogP contribution in [0, 0.1) is 11.8 Å². The third kappa shape index (κ3) is 3.19. The van der Waals surface area contributed by atoms with Crippen LogP contribution in [0.4, 0.5) is 0 Å². The molecular formula is C13H25N3O. The molecule has 0 saturated carbocycles. The first-order valence-electron chi connectivity index (χ1n) is 6.84. The molecule has 0 aromatic heterocycles. The summed E-state index contributed by atoms with van der Waals surface area (Å²) in [5.74, 6) is 1.19. The first kappa shape index (κ1) is 12.8. The second-order valence-electron chi connectivity index (χ2n) is 5.99. The van der Waals surface area contributed by atoms with Gasteiger partial charge in [0.15, 0.2) is 0 Å². The van der Waals surface area contributed by atoms with E-state index < -0.39 is 0 Å². The van der Waals surface area contributed by atoms with Gasteiger partial charge in [-0.25, -0.2) is 0 Å². The lowest BCUT2D eigenvalue weighted by atomic mass is 9.84. The number of carbonyl (C=O) groups excluding carboxylic acids is 1. The van der Waals surface area contributed by atoms with E-state index in [1.54, 1.807) is 0 Å². The molecule has 2 atom stereocenters. The molecule has 4 nitrogen and oxygen atoms in total. The number of nitrogens with two attached hydrogens (primary N) is 1. The molecule has 0 aromatic carbocycles. The standard InChI is InChI=1S/C13H25N3O/c1-9(2)7-11(14)13(17)15-12-8-16-5-3-10(12)4-6-16/h9-12H,3-8,14H2,1-2H3,(H,15,17). The minimum atomic E-state index is -0.342. The van der Waals surface area contributed by atoms with Crippen molar-refractivity contribution in [3.8, 4) is 0 Å². The summed E-state index contributed by atoms with van der Waals surface area (Å²) in [5, 5.41) is 3.15. The maximum Gasteiger partial charge on any atom is 0.237 e. The minimum Gasteiger partial charge on any atom is -0.350 e. The molecule has 3 aliphatic heterocycles. The molecule has 3 heterocycles. The number of rotatable bonds is 4. The number of nitrogens with zero attached hydrogens (tertiary/aromatic N) is 1. The molecule has 3 aliphatic rings. The molecule has 0 radical (unpaired) electrons. The maximum atomic E-state index is 12.0. The molecule has 0 aliphatic carbocycles. The predicted molar refractivity (Wildman–Crippen MR) is 68.5 cm³/mol. The van der Waals surface area contributed by atoms with Crippen molar-refractivity contribution in [2.24, 2.45) is 17.6 Å². The zero-order valence-corrected chi connectivity index (χ0v) is 11.0. The summed E-state index contributed by atoms with van der Waals surface area (Å²) in [7, 11) is 0. The normalized spacial score (nSPS) is 33.8. The molecule has 0 spiro atoms. The van der Waals surface area contributed by atoms with Crippen LogP contribution in [0.2, 0.25) is 0 Å². The van der Waals surface area contributed by atoms with E-state index in [4.69, 9.17) is 5.73 Å². The van der Waals surface area contributed by atoms with Gasteiger partial charge in [-0.3, -0.25) is 4.79 Å². The topological polar surface area (TPSA) is 58.4 Å². The van der Waals surface area contributed by atoms with Gasteiger partial charge in [0.05, 0.1) is 6.04 Å². The van der Waals surface area contributed by atoms with Gasteiger partial charge in [-0.15, -0.1) is 0 Å². The Morgan fingerprint density at radius 3 is 2.53 bits per heavy atom. The highest BCUT2D eigenvalue weighted by Gasteiger charge is 2.35. The Hall–Kier alpha value is -0.610. The van der Waals surface area contributed by atoms with Gasteiger partial charge in [-0.2, -0.15) is 0 Å². The molecule has 3 saturated heterocycles. The largest absolute Gasteiger partial charge is 0.350 e. The Bertz CT molecular complexity index is 272. The van der Waals surface area contributed by atoms with E-state index >= 15 is 0 Å². The van der Waals surface area contributed by atoms with Gasteiger partial charge in [0.25, 0.3) is 0 Å². The van der Waals surface area contributed by atoms with E-state index in [1.807, 2.05) is 0 Å². The van der Waals surface area contributed by atoms with Crippen LogP contribution in [0.1, 0.15) is 33.1 Å². The summed E-state index contributed by atoms with van der Waals surface area (Å²) in [6.45, 7) is 7.62. The fourth-order valence-electron chi connectivity index (χ4n) is 3.03. The number of fused-ring (bicyclic) bond motifs is 3. The van der Waals surface area contributed by atoms with Gasteiger partial charge >= 0.3 is 0 Å². The highest BCUT2D eigenvalue weighted by atomic mass is 16.2. The lowest BCUT2D eigenvalue weighted by molar-refractivity contribution is -0.124. The Morgan fingerprint density at radius 2 is 2.06 bits per heavy atom. The molecule has 2 unspecified atom stereocenters. The minimum absolute atomic E-state index is 0.0393. The lowest BCUT2D eigenvalue weighted by Crippen LogP contribution is -2.59. The van der Waals surface area contributed by atoms with Crippen molar-refractivity contribution in [2.75, 3.05) is 19.6 Å². The van der Waals surface area contributed by atoms with Gasteiger partial charge in [-0.1, -0.05) is 13.8 Å². The van der Waals surface area contributed by atoms with Crippen LogP contribution in [0.5, 0.6) is 0 Å². The first-order valence-corrected chi connectivity index (χ1v) is 6.84. The molecule has 0 aromatic rings. The zero-order valence-electron chi connectivity index (χ0n) is 11.0. The number of amides is 1. The van der Waals surface area contributed by atoms with E-state index in [-0.39, 0.29) is 11.9 Å². The fraction of sp³-hybridized carbons (Fsp3) is 0.923. The molecule has 17 heavy (non-hydrogen) atoms. The predicted octanol–water partition coefficient (Wildman–Crippen LogP) is 0.570. The van der Waals surface area contributed by atoms with Crippen LogP contribution in [-0.2, 0) is 4.79 Å². The van der Waals surface area contributed by atoms with Crippen LogP contribution < -0.4 is 11.1 Å². The second-order valence-corrected chi connectivity index (χ2v) is 5.99. The summed E-state index contributed by atoms with van der Waals surface area (Å²) in [5.41, 5.74) is 5.91. The first-order chi connectivity index (χ1) is 8.06. The average molecular weight is 239 g/mol. The van der Waals surface area contributed by atoms with Crippen molar-refractivity contribution in [1.82, 2.24) is 10.2 Å². The summed E-state index contributed by atoms with van der Waals surface area (Å²) in [6, 6.07) is -0.00587. The Labute approximate surface area is 104 Å². The Balaban J connectivity index is 1.82. The zero-order chi connectivity index (χ0) is 12.4. The van der Waals surface area contributed by atoms with Crippen molar-refractivity contribution in [1.29, 1.82) is 0 Å². The number of piperidine rings is 3. The van der Waals surface area contributed by atoms with E-state index in [2.05, 4.69) is 24.1 Å². The molecule has 4 heteroatoms. The highest BCUT2D eigenvalue weighted by Crippen LogP contribution is 2.27. The van der Waals surface area contributed by atoms with Crippen LogP contribution >= 0.6 is 0 Å². The molecular weight excluding hydrogens is 214 g/mol. The van der Waals surface area contributed by atoms with E-state index in [9.17, 15) is 4.79 Å². The molecule has 3 fully saturated rings. The highest BCUT2D eigenvalue weighted by molar-refractivity contribution is 5.81. The summed E-state index contributed by atoms with van der Waals surface area (Å²) in [6.07, 6.45) is 3.22.